The van der Waals surface area contributed by atoms with E-state index in [0.717, 1.165) is 12.8 Å². The van der Waals surface area contributed by atoms with E-state index in [9.17, 15) is 9.90 Å². The normalized spacial score (nSPS) is 18.4. The number of nitrogens with two attached hydrogens (primary N) is 1. The van der Waals surface area contributed by atoms with E-state index in [1.54, 1.807) is 17.0 Å². The summed E-state index contributed by atoms with van der Waals surface area (Å²) < 4.78 is 4.95. The van der Waals surface area contributed by atoms with Gasteiger partial charge in [-0.3, -0.25) is 4.79 Å². The number of nitrogens with zero attached hydrogens (tertiary/aromatic N) is 1. The van der Waals surface area contributed by atoms with Crippen molar-refractivity contribution in [1.82, 2.24) is 4.90 Å². The SMILES string of the molecule is COc1ccc(C(=O)N2CCCC2C(N)=S)cc1O. The predicted molar refractivity (Wildman–Crippen MR) is 75.5 cm³/mol. The lowest BCUT2D eigenvalue weighted by Crippen LogP contribution is -2.42. The molecule has 3 N–H and O–H groups in total. The lowest BCUT2D eigenvalue weighted by molar-refractivity contribution is 0.0770. The minimum atomic E-state index is -0.188. The second-order valence-corrected chi connectivity index (χ2v) is 4.92. The quantitative estimate of drug-likeness (QED) is 0.816. The highest BCUT2D eigenvalue weighted by Crippen LogP contribution is 2.28. The first kappa shape index (κ1) is 13.6. The second-order valence-electron chi connectivity index (χ2n) is 4.45. The van der Waals surface area contributed by atoms with Gasteiger partial charge in [-0.1, -0.05) is 12.2 Å². The van der Waals surface area contributed by atoms with Gasteiger partial charge in [0.15, 0.2) is 11.5 Å². The Morgan fingerprint density at radius 2 is 2.32 bits per heavy atom. The molecule has 5 nitrogen and oxygen atoms in total. The van der Waals surface area contributed by atoms with E-state index in [0.29, 0.717) is 22.8 Å². The maximum absolute atomic E-state index is 12.4. The molecule has 2 rings (SSSR count). The molecule has 1 aromatic carbocycles. The monoisotopic (exact) mass is 280 g/mol. The molecule has 1 aliphatic heterocycles. The van der Waals surface area contributed by atoms with Crippen molar-refractivity contribution in [3.05, 3.63) is 23.8 Å². The zero-order valence-electron chi connectivity index (χ0n) is 10.6. The van der Waals surface area contributed by atoms with Gasteiger partial charge in [0.05, 0.1) is 18.1 Å². The summed E-state index contributed by atoms with van der Waals surface area (Å²) in [5, 5.41) is 9.71. The van der Waals surface area contributed by atoms with Gasteiger partial charge < -0.3 is 20.5 Å². The van der Waals surface area contributed by atoms with Crippen molar-refractivity contribution < 1.29 is 14.6 Å². The Bertz CT molecular complexity index is 519. The average molecular weight is 280 g/mol. The summed E-state index contributed by atoms with van der Waals surface area (Å²) in [6.45, 7) is 0.633. The molecule has 1 atom stereocenters. The molecule has 0 saturated carbocycles. The first-order valence-corrected chi connectivity index (χ1v) is 6.42. The first-order chi connectivity index (χ1) is 9.04. The molecule has 1 heterocycles. The summed E-state index contributed by atoms with van der Waals surface area (Å²) in [5.74, 6) is 0.108. The van der Waals surface area contributed by atoms with Crippen LogP contribution in [0.2, 0.25) is 0 Å². The van der Waals surface area contributed by atoms with Gasteiger partial charge in [0.25, 0.3) is 5.91 Å². The van der Waals surface area contributed by atoms with Crippen LogP contribution in [0, 0.1) is 0 Å². The molecule has 102 valence electrons. The molecule has 1 amide bonds. The van der Waals surface area contributed by atoms with Crippen LogP contribution in [-0.2, 0) is 0 Å². The van der Waals surface area contributed by atoms with E-state index < -0.39 is 0 Å². The van der Waals surface area contributed by atoms with Crippen molar-refractivity contribution in [2.75, 3.05) is 13.7 Å². The maximum atomic E-state index is 12.4. The van der Waals surface area contributed by atoms with Gasteiger partial charge in [-0.2, -0.15) is 0 Å². The number of rotatable bonds is 3. The van der Waals surface area contributed by atoms with Gasteiger partial charge in [-0.15, -0.1) is 0 Å². The molecule has 1 fully saturated rings. The molecular weight excluding hydrogens is 264 g/mol. The molecule has 1 unspecified atom stereocenters. The van der Waals surface area contributed by atoms with Crippen molar-refractivity contribution in [2.24, 2.45) is 5.73 Å². The van der Waals surface area contributed by atoms with Crippen molar-refractivity contribution in [3.63, 3.8) is 0 Å². The number of phenols is 1. The highest BCUT2D eigenvalue weighted by Gasteiger charge is 2.31. The first-order valence-electron chi connectivity index (χ1n) is 6.02. The van der Waals surface area contributed by atoms with Crippen molar-refractivity contribution in [3.8, 4) is 11.5 Å². The standard InChI is InChI=1S/C13H16N2O3S/c1-18-11-5-4-8(7-10(11)16)13(17)15-6-2-3-9(15)12(14)19/h4-5,7,9,16H,2-3,6H2,1H3,(H2,14,19). The summed E-state index contributed by atoms with van der Waals surface area (Å²) in [6.07, 6.45) is 1.68. The van der Waals surface area contributed by atoms with E-state index >= 15 is 0 Å². The highest BCUT2D eigenvalue weighted by molar-refractivity contribution is 7.80. The Hall–Kier alpha value is -1.82. The number of carbonyl (C=O) groups excluding carboxylic acids is 1. The molecule has 0 spiro atoms. The lowest BCUT2D eigenvalue weighted by Gasteiger charge is -2.23. The minimum absolute atomic E-state index is 0.0561. The van der Waals surface area contributed by atoms with E-state index in [1.807, 2.05) is 0 Å². The number of amides is 1. The zero-order valence-corrected chi connectivity index (χ0v) is 11.4. The third-order valence-electron chi connectivity index (χ3n) is 3.27. The number of hydrogen-bond donors (Lipinski definition) is 2. The minimum Gasteiger partial charge on any atom is -0.504 e. The Balaban J connectivity index is 2.24. The van der Waals surface area contributed by atoms with Crippen LogP contribution in [-0.4, -0.2) is 40.6 Å². The number of ether oxygens (including phenoxy) is 1. The predicted octanol–water partition coefficient (Wildman–Crippen LogP) is 1.29. The van der Waals surface area contributed by atoms with Crippen molar-refractivity contribution in [2.45, 2.75) is 18.9 Å². The third kappa shape index (κ3) is 2.63. The molecule has 0 aromatic heterocycles. The van der Waals surface area contributed by atoms with Crippen LogP contribution >= 0.6 is 12.2 Å². The van der Waals surface area contributed by atoms with Crippen LogP contribution in [0.3, 0.4) is 0 Å². The van der Waals surface area contributed by atoms with Crippen LogP contribution < -0.4 is 10.5 Å². The van der Waals surface area contributed by atoms with E-state index in [2.05, 4.69) is 0 Å². The van der Waals surface area contributed by atoms with E-state index in [4.69, 9.17) is 22.7 Å². The summed E-state index contributed by atoms with van der Waals surface area (Å²) in [5.41, 5.74) is 6.05. The number of carbonyl (C=O) groups is 1. The number of phenolic OH excluding ortho intramolecular Hbond substituents is 1. The summed E-state index contributed by atoms with van der Waals surface area (Å²) >= 11 is 4.98. The van der Waals surface area contributed by atoms with E-state index in [1.165, 1.54) is 13.2 Å². The number of methoxy groups -OCH3 is 1. The smallest absolute Gasteiger partial charge is 0.254 e. The number of aromatic hydroxyl groups is 1. The fourth-order valence-corrected chi connectivity index (χ4v) is 2.54. The largest absolute Gasteiger partial charge is 0.504 e. The number of likely N-dealkylation sites (tertiary alicyclic amines) is 1. The molecule has 19 heavy (non-hydrogen) atoms. The maximum Gasteiger partial charge on any atom is 0.254 e. The van der Waals surface area contributed by atoms with Gasteiger partial charge in [0, 0.05) is 12.1 Å². The van der Waals surface area contributed by atoms with Crippen LogP contribution in [0.5, 0.6) is 11.5 Å². The third-order valence-corrected chi connectivity index (χ3v) is 3.54. The molecule has 1 saturated heterocycles. The molecule has 0 bridgehead atoms. The van der Waals surface area contributed by atoms with Gasteiger partial charge in [0.1, 0.15) is 0 Å². The van der Waals surface area contributed by atoms with Crippen molar-refractivity contribution in [1.29, 1.82) is 0 Å². The highest BCUT2D eigenvalue weighted by atomic mass is 32.1. The zero-order chi connectivity index (χ0) is 14.0. The molecule has 1 aliphatic rings. The van der Waals surface area contributed by atoms with Gasteiger partial charge in [-0.05, 0) is 31.0 Å². The molecule has 1 aromatic rings. The Kier molecular flexibility index (Phi) is 3.90. The lowest BCUT2D eigenvalue weighted by atomic mass is 10.1. The Morgan fingerprint density at radius 3 is 2.89 bits per heavy atom. The van der Waals surface area contributed by atoms with Crippen molar-refractivity contribution >= 4 is 23.1 Å². The number of benzene rings is 1. The Morgan fingerprint density at radius 1 is 1.58 bits per heavy atom. The summed E-state index contributed by atoms with van der Waals surface area (Å²) in [4.78, 5) is 14.4. The van der Waals surface area contributed by atoms with Gasteiger partial charge >= 0.3 is 0 Å². The fraction of sp³-hybridized carbons (Fsp3) is 0.385. The molecule has 6 heteroatoms. The van der Waals surface area contributed by atoms with E-state index in [-0.39, 0.29) is 17.7 Å². The second kappa shape index (κ2) is 5.44. The number of thiocarbonyl (C=S) groups is 1. The van der Waals surface area contributed by atoms with Gasteiger partial charge in [0.2, 0.25) is 0 Å². The molecular formula is C13H16N2O3S. The van der Waals surface area contributed by atoms with Gasteiger partial charge in [-0.25, -0.2) is 0 Å². The summed E-state index contributed by atoms with van der Waals surface area (Å²) in [6, 6.07) is 4.40. The van der Waals surface area contributed by atoms with Crippen LogP contribution in [0.15, 0.2) is 18.2 Å². The summed E-state index contributed by atoms with van der Waals surface area (Å²) in [7, 11) is 1.46. The average Bonchev–Trinajstić information content (AvgIpc) is 2.87. The number of hydrogen-bond acceptors (Lipinski definition) is 4. The van der Waals surface area contributed by atoms with Crippen LogP contribution in [0.1, 0.15) is 23.2 Å². The molecule has 0 aliphatic carbocycles. The Labute approximate surface area is 117 Å². The van der Waals surface area contributed by atoms with Crippen LogP contribution in [0.25, 0.3) is 0 Å². The fourth-order valence-electron chi connectivity index (χ4n) is 2.29. The topological polar surface area (TPSA) is 75.8 Å². The van der Waals surface area contributed by atoms with Crippen LogP contribution in [0.4, 0.5) is 0 Å². The molecule has 0 radical (unpaired) electrons.